The minimum Gasteiger partial charge on any atom is -0.508 e. The van der Waals surface area contributed by atoms with Gasteiger partial charge in [-0.25, -0.2) is 0 Å². The molecule has 1 N–H and O–H groups in total. The number of aryl methyl sites for hydroxylation is 2. The molecule has 0 amide bonds. The monoisotopic (exact) mass is 256 g/mol. The quantitative estimate of drug-likeness (QED) is 0.912. The van der Waals surface area contributed by atoms with Crippen LogP contribution in [0.4, 0.5) is 0 Å². The van der Waals surface area contributed by atoms with E-state index in [2.05, 4.69) is 12.1 Å². The normalized spacial score (nSPS) is 12.6. The van der Waals surface area contributed by atoms with Gasteiger partial charge in [0.25, 0.3) is 0 Å². The van der Waals surface area contributed by atoms with E-state index in [0.717, 1.165) is 30.8 Å². The van der Waals surface area contributed by atoms with Crippen LogP contribution in [0.15, 0.2) is 42.5 Å². The first-order valence-corrected chi connectivity index (χ1v) is 6.48. The third-order valence-electron chi connectivity index (χ3n) is 3.30. The van der Waals surface area contributed by atoms with Crippen LogP contribution in [0.25, 0.3) is 0 Å². The molecular weight excluding hydrogens is 240 g/mol. The number of ether oxygens (including phenoxy) is 2. The number of phenols is 1. The van der Waals surface area contributed by atoms with Crippen LogP contribution in [0, 0.1) is 0 Å². The van der Waals surface area contributed by atoms with E-state index in [1.165, 1.54) is 11.1 Å². The molecule has 1 heterocycles. The lowest BCUT2D eigenvalue weighted by atomic mass is 10.0. The van der Waals surface area contributed by atoms with Crippen LogP contribution in [-0.4, -0.2) is 11.9 Å². The highest BCUT2D eigenvalue weighted by molar-refractivity contribution is 5.44. The number of hydrogen-bond acceptors (Lipinski definition) is 3. The van der Waals surface area contributed by atoms with Crippen LogP contribution in [0.1, 0.15) is 17.5 Å². The molecule has 3 rings (SSSR count). The second-order valence-electron chi connectivity index (χ2n) is 4.71. The van der Waals surface area contributed by atoms with E-state index in [9.17, 15) is 5.11 Å². The Kier molecular flexibility index (Phi) is 3.27. The molecule has 1 aliphatic heterocycles. The molecular formula is C16H16O3. The van der Waals surface area contributed by atoms with Gasteiger partial charge in [0.2, 0.25) is 6.79 Å². The standard InChI is InChI=1S/C16H16O3/c17-14-7-4-12(5-8-14)2-1-3-13-6-9-15-16(10-13)19-11-18-15/h4-10,17H,1-3,11H2. The summed E-state index contributed by atoms with van der Waals surface area (Å²) in [5.41, 5.74) is 2.52. The third kappa shape index (κ3) is 2.81. The second kappa shape index (κ2) is 5.22. The predicted octanol–water partition coefficient (Wildman–Crippen LogP) is 3.30. The van der Waals surface area contributed by atoms with E-state index in [-0.39, 0.29) is 0 Å². The van der Waals surface area contributed by atoms with Gasteiger partial charge in [-0.1, -0.05) is 18.2 Å². The van der Waals surface area contributed by atoms with Crippen molar-refractivity contribution in [2.45, 2.75) is 19.3 Å². The van der Waals surface area contributed by atoms with Crippen molar-refractivity contribution in [3.05, 3.63) is 53.6 Å². The van der Waals surface area contributed by atoms with Crippen LogP contribution < -0.4 is 9.47 Å². The Bertz CT molecular complexity index is 561. The molecule has 0 saturated heterocycles. The van der Waals surface area contributed by atoms with E-state index in [0.29, 0.717) is 12.5 Å². The lowest BCUT2D eigenvalue weighted by Crippen LogP contribution is -1.93. The van der Waals surface area contributed by atoms with Gasteiger partial charge < -0.3 is 14.6 Å². The molecule has 3 heteroatoms. The van der Waals surface area contributed by atoms with Gasteiger partial charge in [0.05, 0.1) is 0 Å². The maximum atomic E-state index is 9.22. The van der Waals surface area contributed by atoms with Crippen molar-refractivity contribution in [3.8, 4) is 17.2 Å². The number of hydrogen-bond donors (Lipinski definition) is 1. The van der Waals surface area contributed by atoms with Gasteiger partial charge in [-0.05, 0) is 54.7 Å². The average molecular weight is 256 g/mol. The van der Waals surface area contributed by atoms with Gasteiger partial charge >= 0.3 is 0 Å². The summed E-state index contributed by atoms with van der Waals surface area (Å²) >= 11 is 0. The van der Waals surface area contributed by atoms with Gasteiger partial charge in [0.15, 0.2) is 11.5 Å². The summed E-state index contributed by atoms with van der Waals surface area (Å²) in [7, 11) is 0. The first kappa shape index (κ1) is 11.9. The fourth-order valence-corrected chi connectivity index (χ4v) is 2.26. The van der Waals surface area contributed by atoms with Crippen LogP contribution in [0.5, 0.6) is 17.2 Å². The van der Waals surface area contributed by atoms with Crippen LogP contribution in [0.3, 0.4) is 0 Å². The van der Waals surface area contributed by atoms with Crippen LogP contribution >= 0.6 is 0 Å². The van der Waals surface area contributed by atoms with E-state index < -0.39 is 0 Å². The summed E-state index contributed by atoms with van der Waals surface area (Å²) in [6, 6.07) is 13.5. The molecule has 3 nitrogen and oxygen atoms in total. The van der Waals surface area contributed by atoms with Gasteiger partial charge in [0, 0.05) is 0 Å². The third-order valence-corrected chi connectivity index (χ3v) is 3.30. The van der Waals surface area contributed by atoms with Gasteiger partial charge in [0.1, 0.15) is 5.75 Å². The summed E-state index contributed by atoms with van der Waals surface area (Å²) in [5, 5.41) is 9.22. The van der Waals surface area contributed by atoms with Crippen molar-refractivity contribution >= 4 is 0 Å². The van der Waals surface area contributed by atoms with E-state index in [1.807, 2.05) is 18.2 Å². The number of aromatic hydroxyl groups is 1. The van der Waals surface area contributed by atoms with Crippen LogP contribution in [-0.2, 0) is 12.8 Å². The second-order valence-corrected chi connectivity index (χ2v) is 4.71. The molecule has 2 aromatic rings. The molecule has 2 aromatic carbocycles. The van der Waals surface area contributed by atoms with E-state index in [4.69, 9.17) is 9.47 Å². The first-order valence-electron chi connectivity index (χ1n) is 6.48. The summed E-state index contributed by atoms with van der Waals surface area (Å²) < 4.78 is 10.7. The number of rotatable bonds is 4. The molecule has 0 saturated carbocycles. The Hall–Kier alpha value is -2.16. The minimum absolute atomic E-state index is 0.319. The highest BCUT2D eigenvalue weighted by Gasteiger charge is 2.12. The number of benzene rings is 2. The highest BCUT2D eigenvalue weighted by Crippen LogP contribution is 2.32. The Morgan fingerprint density at radius 3 is 2.37 bits per heavy atom. The molecule has 0 unspecified atom stereocenters. The molecule has 1 aliphatic rings. The van der Waals surface area contributed by atoms with Crippen LogP contribution in [0.2, 0.25) is 0 Å². The largest absolute Gasteiger partial charge is 0.508 e. The topological polar surface area (TPSA) is 38.7 Å². The Morgan fingerprint density at radius 2 is 1.53 bits per heavy atom. The fourth-order valence-electron chi connectivity index (χ4n) is 2.26. The van der Waals surface area contributed by atoms with Gasteiger partial charge in [-0.15, -0.1) is 0 Å². The number of fused-ring (bicyclic) bond motifs is 1. The Balaban J connectivity index is 1.56. The average Bonchev–Trinajstić information content (AvgIpc) is 2.88. The van der Waals surface area contributed by atoms with Crippen molar-refractivity contribution in [1.82, 2.24) is 0 Å². The molecule has 0 aliphatic carbocycles. The first-order chi connectivity index (χ1) is 9.31. The fraction of sp³-hybridized carbons (Fsp3) is 0.250. The maximum absolute atomic E-state index is 9.22. The summed E-state index contributed by atoms with van der Waals surface area (Å²) in [4.78, 5) is 0. The molecule has 0 fully saturated rings. The zero-order valence-electron chi connectivity index (χ0n) is 10.6. The summed E-state index contributed by atoms with van der Waals surface area (Å²) in [6.07, 6.45) is 3.09. The molecule has 0 radical (unpaired) electrons. The van der Waals surface area contributed by atoms with Gasteiger partial charge in [-0.3, -0.25) is 0 Å². The molecule has 0 bridgehead atoms. The predicted molar refractivity (Wildman–Crippen MR) is 72.7 cm³/mol. The molecule has 0 aromatic heterocycles. The molecule has 0 spiro atoms. The van der Waals surface area contributed by atoms with Crippen molar-refractivity contribution in [1.29, 1.82) is 0 Å². The zero-order chi connectivity index (χ0) is 13.1. The summed E-state index contributed by atoms with van der Waals surface area (Å²) in [6.45, 7) is 0.326. The Labute approximate surface area is 112 Å². The van der Waals surface area contributed by atoms with E-state index in [1.54, 1.807) is 12.1 Å². The highest BCUT2D eigenvalue weighted by atomic mass is 16.7. The van der Waals surface area contributed by atoms with Crippen molar-refractivity contribution in [3.63, 3.8) is 0 Å². The molecule has 0 atom stereocenters. The Morgan fingerprint density at radius 1 is 0.842 bits per heavy atom. The number of phenolic OH excluding ortho intramolecular Hbond substituents is 1. The SMILES string of the molecule is Oc1ccc(CCCc2ccc3c(c2)OCO3)cc1. The smallest absolute Gasteiger partial charge is 0.231 e. The van der Waals surface area contributed by atoms with E-state index >= 15 is 0 Å². The van der Waals surface area contributed by atoms with Crippen molar-refractivity contribution < 1.29 is 14.6 Å². The zero-order valence-corrected chi connectivity index (χ0v) is 10.6. The minimum atomic E-state index is 0.319. The molecule has 19 heavy (non-hydrogen) atoms. The van der Waals surface area contributed by atoms with Gasteiger partial charge in [-0.2, -0.15) is 0 Å². The van der Waals surface area contributed by atoms with Crippen molar-refractivity contribution in [2.24, 2.45) is 0 Å². The summed E-state index contributed by atoms with van der Waals surface area (Å²) in [5.74, 6) is 2.00. The lowest BCUT2D eigenvalue weighted by Gasteiger charge is -2.04. The lowest BCUT2D eigenvalue weighted by molar-refractivity contribution is 0.174. The maximum Gasteiger partial charge on any atom is 0.231 e. The van der Waals surface area contributed by atoms with Crippen molar-refractivity contribution in [2.75, 3.05) is 6.79 Å². The molecule has 98 valence electrons.